The van der Waals surface area contributed by atoms with Gasteiger partial charge in [-0.05, 0) is 37.9 Å². The average Bonchev–Trinajstić information content (AvgIpc) is 3.00. The molecule has 1 aromatic carbocycles. The normalized spacial score (nSPS) is 18.8. The van der Waals surface area contributed by atoms with Gasteiger partial charge in [0.05, 0.1) is 10.5 Å². The second kappa shape index (κ2) is 7.03. The third-order valence-electron chi connectivity index (χ3n) is 3.68. The van der Waals surface area contributed by atoms with Gasteiger partial charge in [-0.3, -0.25) is 0 Å². The van der Waals surface area contributed by atoms with E-state index in [2.05, 4.69) is 5.32 Å². The zero-order valence-electron chi connectivity index (χ0n) is 12.2. The summed E-state index contributed by atoms with van der Waals surface area (Å²) in [6, 6.07) is 8.58. The van der Waals surface area contributed by atoms with Gasteiger partial charge < -0.3 is 5.32 Å². The predicted molar refractivity (Wildman–Crippen MR) is 81.2 cm³/mol. The molecule has 114 valence electrons. The molecule has 2 rings (SSSR count). The van der Waals surface area contributed by atoms with Gasteiger partial charge >= 0.3 is 0 Å². The monoisotopic (exact) mass is 307 g/mol. The molecule has 1 aliphatic rings. The summed E-state index contributed by atoms with van der Waals surface area (Å²) in [5.41, 5.74) is 0.206. The molecule has 0 spiro atoms. The van der Waals surface area contributed by atoms with E-state index in [0.29, 0.717) is 13.1 Å². The van der Waals surface area contributed by atoms with Crippen LogP contribution in [0, 0.1) is 11.3 Å². The van der Waals surface area contributed by atoms with Crippen LogP contribution in [0.15, 0.2) is 29.2 Å². The number of nitrogens with one attached hydrogen (secondary N) is 1. The minimum atomic E-state index is -3.62. The molecule has 5 nitrogen and oxygen atoms in total. The van der Waals surface area contributed by atoms with Crippen LogP contribution < -0.4 is 5.32 Å². The van der Waals surface area contributed by atoms with Crippen LogP contribution in [0.1, 0.15) is 31.7 Å². The van der Waals surface area contributed by atoms with Crippen LogP contribution in [-0.4, -0.2) is 38.4 Å². The molecule has 1 atom stereocenters. The van der Waals surface area contributed by atoms with Crippen molar-refractivity contribution in [3.8, 4) is 6.07 Å². The highest BCUT2D eigenvalue weighted by atomic mass is 32.2. The fourth-order valence-electron chi connectivity index (χ4n) is 2.64. The molecular weight excluding hydrogens is 286 g/mol. The van der Waals surface area contributed by atoms with Gasteiger partial charge in [-0.15, -0.1) is 0 Å². The Hall–Kier alpha value is -1.42. The van der Waals surface area contributed by atoms with E-state index < -0.39 is 10.0 Å². The van der Waals surface area contributed by atoms with E-state index in [1.165, 1.54) is 10.4 Å². The Morgan fingerprint density at radius 1 is 1.43 bits per heavy atom. The van der Waals surface area contributed by atoms with Gasteiger partial charge in [0, 0.05) is 19.1 Å². The second-order valence-corrected chi connectivity index (χ2v) is 7.17. The lowest BCUT2D eigenvalue weighted by Crippen LogP contribution is -2.41. The quantitative estimate of drug-likeness (QED) is 0.868. The Bertz CT molecular complexity index is 616. The molecule has 1 N–H and O–H groups in total. The fraction of sp³-hybridized carbons (Fsp3) is 0.533. The van der Waals surface area contributed by atoms with E-state index in [9.17, 15) is 8.42 Å². The van der Waals surface area contributed by atoms with Gasteiger partial charge in [0.15, 0.2) is 0 Å². The predicted octanol–water partition coefficient (Wildman–Crippen LogP) is 1.71. The van der Waals surface area contributed by atoms with Crippen LogP contribution in [0.2, 0.25) is 0 Å². The van der Waals surface area contributed by atoms with E-state index in [-0.39, 0.29) is 16.5 Å². The topological polar surface area (TPSA) is 73.2 Å². The third-order valence-corrected chi connectivity index (χ3v) is 5.61. The molecule has 1 fully saturated rings. The van der Waals surface area contributed by atoms with E-state index in [1.807, 2.05) is 13.0 Å². The summed E-state index contributed by atoms with van der Waals surface area (Å²) in [7, 11) is -3.62. The standard InChI is InChI=1S/C15H21N3O2S/c1-2-10-18(12-14-7-5-9-17-14)21(19,20)15-8-4-3-6-13(15)11-16/h3-4,6,8,14,17H,2,5,7,9-10,12H2,1H3. The number of sulfonamides is 1. The van der Waals surface area contributed by atoms with Gasteiger partial charge in [0.2, 0.25) is 10.0 Å². The summed E-state index contributed by atoms with van der Waals surface area (Å²) in [6.07, 6.45) is 2.83. The molecule has 1 saturated heterocycles. The number of hydrogen-bond acceptors (Lipinski definition) is 4. The first-order valence-corrected chi connectivity index (χ1v) is 8.76. The Balaban J connectivity index is 2.30. The number of hydrogen-bond donors (Lipinski definition) is 1. The van der Waals surface area contributed by atoms with Crippen molar-refractivity contribution in [1.82, 2.24) is 9.62 Å². The summed E-state index contributed by atoms with van der Waals surface area (Å²) in [6.45, 7) is 3.84. The highest BCUT2D eigenvalue weighted by Crippen LogP contribution is 2.21. The smallest absolute Gasteiger partial charge is 0.244 e. The Morgan fingerprint density at radius 3 is 2.81 bits per heavy atom. The number of benzene rings is 1. The Morgan fingerprint density at radius 2 is 2.19 bits per heavy atom. The van der Waals surface area contributed by atoms with Crippen LogP contribution >= 0.6 is 0 Å². The summed E-state index contributed by atoms with van der Waals surface area (Å²) in [5.74, 6) is 0. The van der Waals surface area contributed by atoms with Crippen LogP contribution in [0.4, 0.5) is 0 Å². The molecule has 1 unspecified atom stereocenters. The first-order chi connectivity index (χ1) is 10.1. The highest BCUT2D eigenvalue weighted by Gasteiger charge is 2.29. The van der Waals surface area contributed by atoms with E-state index in [0.717, 1.165) is 25.8 Å². The first kappa shape index (κ1) is 16.0. The molecule has 0 saturated carbocycles. The number of nitriles is 1. The molecular formula is C15H21N3O2S. The molecule has 1 heterocycles. The largest absolute Gasteiger partial charge is 0.313 e. The van der Waals surface area contributed by atoms with E-state index >= 15 is 0 Å². The van der Waals surface area contributed by atoms with Gasteiger partial charge in [-0.1, -0.05) is 19.1 Å². The van der Waals surface area contributed by atoms with Crippen molar-refractivity contribution in [1.29, 1.82) is 5.26 Å². The second-order valence-electron chi connectivity index (χ2n) is 5.26. The van der Waals surface area contributed by atoms with Crippen molar-refractivity contribution in [3.05, 3.63) is 29.8 Å². The van der Waals surface area contributed by atoms with Crippen LogP contribution in [0.3, 0.4) is 0 Å². The minimum absolute atomic E-state index is 0.110. The molecule has 0 aliphatic carbocycles. The number of nitrogens with zero attached hydrogens (tertiary/aromatic N) is 2. The average molecular weight is 307 g/mol. The van der Waals surface area contributed by atoms with Crippen LogP contribution in [0.5, 0.6) is 0 Å². The van der Waals surface area contributed by atoms with E-state index in [1.54, 1.807) is 18.2 Å². The summed E-state index contributed by atoms with van der Waals surface area (Å²) < 4.78 is 27.2. The highest BCUT2D eigenvalue weighted by molar-refractivity contribution is 7.89. The van der Waals surface area contributed by atoms with Gasteiger partial charge in [-0.25, -0.2) is 8.42 Å². The molecule has 0 amide bonds. The van der Waals surface area contributed by atoms with Gasteiger partial charge in [-0.2, -0.15) is 9.57 Å². The zero-order chi connectivity index (χ0) is 15.3. The Kier molecular flexibility index (Phi) is 5.34. The van der Waals surface area contributed by atoms with Crippen molar-refractivity contribution in [3.63, 3.8) is 0 Å². The van der Waals surface area contributed by atoms with Crippen LogP contribution in [0.25, 0.3) is 0 Å². The maximum Gasteiger partial charge on any atom is 0.244 e. The molecule has 1 aromatic rings. The molecule has 0 bridgehead atoms. The molecule has 21 heavy (non-hydrogen) atoms. The van der Waals surface area contributed by atoms with Crippen LogP contribution in [-0.2, 0) is 10.0 Å². The lowest BCUT2D eigenvalue weighted by atomic mass is 10.2. The first-order valence-electron chi connectivity index (χ1n) is 7.32. The summed E-state index contributed by atoms with van der Waals surface area (Å²) in [5, 5.41) is 12.5. The van der Waals surface area contributed by atoms with Crippen molar-refractivity contribution < 1.29 is 8.42 Å². The van der Waals surface area contributed by atoms with E-state index in [4.69, 9.17) is 5.26 Å². The van der Waals surface area contributed by atoms with Gasteiger partial charge in [0.25, 0.3) is 0 Å². The van der Waals surface area contributed by atoms with Crippen molar-refractivity contribution in [2.24, 2.45) is 0 Å². The molecule has 0 aromatic heterocycles. The lowest BCUT2D eigenvalue weighted by Gasteiger charge is -2.25. The van der Waals surface area contributed by atoms with Crippen molar-refractivity contribution in [2.45, 2.75) is 37.1 Å². The summed E-state index contributed by atoms with van der Waals surface area (Å²) in [4.78, 5) is 0.110. The molecule has 1 aliphatic heterocycles. The SMILES string of the molecule is CCCN(CC1CCCN1)S(=O)(=O)c1ccccc1C#N. The maximum absolute atomic E-state index is 12.8. The summed E-state index contributed by atoms with van der Waals surface area (Å²) >= 11 is 0. The van der Waals surface area contributed by atoms with Gasteiger partial charge in [0.1, 0.15) is 6.07 Å². The number of rotatable bonds is 6. The lowest BCUT2D eigenvalue weighted by molar-refractivity contribution is 0.369. The van der Waals surface area contributed by atoms with Crippen molar-refractivity contribution in [2.75, 3.05) is 19.6 Å². The minimum Gasteiger partial charge on any atom is -0.313 e. The third kappa shape index (κ3) is 3.62. The Labute approximate surface area is 126 Å². The maximum atomic E-state index is 12.8. The van der Waals surface area contributed by atoms with Crippen molar-refractivity contribution >= 4 is 10.0 Å². The molecule has 6 heteroatoms. The molecule has 0 radical (unpaired) electrons. The fourth-order valence-corrected chi connectivity index (χ4v) is 4.36. The zero-order valence-corrected chi connectivity index (χ0v) is 13.1.